The number of hydrogen-bond donors (Lipinski definition) is 2. The number of alkyl halides is 3. The SMILES string of the molecule is Cc1nc(C)c(-c2cc(C(F)(F)F)nn2C)c(O)c1C(N)=O. The molecule has 0 radical (unpaired) electrons. The second kappa shape index (κ2) is 5.00. The molecule has 3 N–H and O–H groups in total. The molecule has 0 unspecified atom stereocenters. The van der Waals surface area contributed by atoms with Crippen LogP contribution < -0.4 is 5.73 Å². The fourth-order valence-corrected chi connectivity index (χ4v) is 2.27. The number of halogens is 3. The molecule has 0 saturated carbocycles. The van der Waals surface area contributed by atoms with Crippen LogP contribution >= 0.6 is 0 Å². The quantitative estimate of drug-likeness (QED) is 0.885. The van der Waals surface area contributed by atoms with Gasteiger partial charge in [-0.25, -0.2) is 0 Å². The highest BCUT2D eigenvalue weighted by molar-refractivity contribution is 5.99. The highest BCUT2D eigenvalue weighted by Crippen LogP contribution is 2.38. The van der Waals surface area contributed by atoms with E-state index in [4.69, 9.17) is 5.73 Å². The van der Waals surface area contributed by atoms with E-state index in [-0.39, 0.29) is 28.2 Å². The molecule has 0 saturated heterocycles. The van der Waals surface area contributed by atoms with Crippen molar-refractivity contribution in [3.63, 3.8) is 0 Å². The Labute approximate surface area is 123 Å². The van der Waals surface area contributed by atoms with Crippen LogP contribution in [0.25, 0.3) is 11.3 Å². The summed E-state index contributed by atoms with van der Waals surface area (Å²) in [7, 11) is 1.30. The van der Waals surface area contributed by atoms with Crippen LogP contribution in [-0.4, -0.2) is 25.8 Å². The molecule has 0 aliphatic rings. The molecule has 0 fully saturated rings. The number of nitrogens with two attached hydrogens (primary N) is 1. The first-order valence-electron chi connectivity index (χ1n) is 6.15. The van der Waals surface area contributed by atoms with Crippen molar-refractivity contribution >= 4 is 5.91 Å². The van der Waals surface area contributed by atoms with Gasteiger partial charge in [0.15, 0.2) is 5.69 Å². The lowest BCUT2D eigenvalue weighted by Gasteiger charge is -2.13. The molecular formula is C13H13F3N4O2. The van der Waals surface area contributed by atoms with Gasteiger partial charge in [-0.3, -0.25) is 14.5 Å². The van der Waals surface area contributed by atoms with E-state index in [1.807, 2.05) is 0 Å². The molecule has 22 heavy (non-hydrogen) atoms. The second-order valence-corrected chi connectivity index (χ2v) is 4.78. The number of aromatic hydroxyl groups is 1. The molecule has 0 spiro atoms. The number of nitrogens with zero attached hydrogens (tertiary/aromatic N) is 3. The number of rotatable bonds is 2. The van der Waals surface area contributed by atoms with Crippen molar-refractivity contribution in [3.05, 3.63) is 28.7 Å². The molecule has 118 valence electrons. The number of pyridine rings is 1. The van der Waals surface area contributed by atoms with E-state index in [0.717, 1.165) is 10.7 Å². The zero-order valence-corrected chi connectivity index (χ0v) is 12.0. The van der Waals surface area contributed by atoms with Crippen molar-refractivity contribution in [1.82, 2.24) is 14.8 Å². The Hall–Kier alpha value is -2.58. The first kappa shape index (κ1) is 15.8. The molecule has 0 aromatic carbocycles. The normalized spacial score (nSPS) is 11.7. The number of aryl methyl sites for hydroxylation is 3. The fourth-order valence-electron chi connectivity index (χ4n) is 2.27. The Morgan fingerprint density at radius 2 is 1.91 bits per heavy atom. The van der Waals surface area contributed by atoms with E-state index in [1.165, 1.54) is 20.9 Å². The first-order valence-corrected chi connectivity index (χ1v) is 6.15. The van der Waals surface area contributed by atoms with Crippen molar-refractivity contribution in [2.45, 2.75) is 20.0 Å². The summed E-state index contributed by atoms with van der Waals surface area (Å²) in [5.74, 6) is -1.42. The predicted molar refractivity (Wildman–Crippen MR) is 71.1 cm³/mol. The summed E-state index contributed by atoms with van der Waals surface area (Å²) in [5, 5.41) is 13.6. The highest BCUT2D eigenvalue weighted by Gasteiger charge is 2.35. The number of hydrogen-bond acceptors (Lipinski definition) is 4. The summed E-state index contributed by atoms with van der Waals surface area (Å²) in [6.45, 7) is 2.98. The zero-order valence-electron chi connectivity index (χ0n) is 12.0. The second-order valence-electron chi connectivity index (χ2n) is 4.78. The zero-order chi connectivity index (χ0) is 16.8. The summed E-state index contributed by atoms with van der Waals surface area (Å²) in [6, 6.07) is 0.782. The smallest absolute Gasteiger partial charge is 0.435 e. The maximum atomic E-state index is 12.7. The average Bonchev–Trinajstić information content (AvgIpc) is 2.70. The Morgan fingerprint density at radius 3 is 2.36 bits per heavy atom. The number of primary amides is 1. The van der Waals surface area contributed by atoms with Crippen LogP contribution in [0.4, 0.5) is 13.2 Å². The van der Waals surface area contributed by atoms with Gasteiger partial charge in [-0.2, -0.15) is 18.3 Å². The fraction of sp³-hybridized carbons (Fsp3) is 0.308. The summed E-state index contributed by atoms with van der Waals surface area (Å²) in [5.41, 5.74) is 4.28. The molecule has 0 aliphatic carbocycles. The van der Waals surface area contributed by atoms with Gasteiger partial charge < -0.3 is 10.8 Å². The minimum absolute atomic E-state index is 0.00935. The van der Waals surface area contributed by atoms with Crippen molar-refractivity contribution in [3.8, 4) is 17.0 Å². The van der Waals surface area contributed by atoms with Crippen LogP contribution in [-0.2, 0) is 13.2 Å². The molecule has 0 atom stereocenters. The predicted octanol–water partition coefficient (Wildman–Crippen LogP) is 1.92. The van der Waals surface area contributed by atoms with Crippen LogP contribution in [0.1, 0.15) is 27.4 Å². The number of carbonyl (C=O) groups excluding carboxylic acids is 1. The van der Waals surface area contributed by atoms with Crippen LogP contribution in [0.15, 0.2) is 6.07 Å². The standard InChI is InChI=1S/C13H13F3N4O2/c1-5-9(11(21)10(12(17)22)6(2)18-5)7-4-8(13(14,15)16)19-20(7)3/h4H,1-3H3,(H2,17,22)(H,18,21). The van der Waals surface area contributed by atoms with E-state index >= 15 is 0 Å². The van der Waals surface area contributed by atoms with E-state index in [9.17, 15) is 23.1 Å². The maximum absolute atomic E-state index is 12.7. The van der Waals surface area contributed by atoms with E-state index in [2.05, 4.69) is 10.1 Å². The molecule has 2 aromatic heterocycles. The summed E-state index contributed by atoms with van der Waals surface area (Å²) in [4.78, 5) is 15.5. The Balaban J connectivity index is 2.76. The lowest BCUT2D eigenvalue weighted by atomic mass is 10.0. The van der Waals surface area contributed by atoms with Crippen molar-refractivity contribution in [1.29, 1.82) is 0 Å². The Kier molecular flexibility index (Phi) is 3.59. The average molecular weight is 314 g/mol. The van der Waals surface area contributed by atoms with Crippen LogP contribution in [0.5, 0.6) is 5.75 Å². The van der Waals surface area contributed by atoms with Crippen molar-refractivity contribution < 1.29 is 23.1 Å². The Bertz CT molecular complexity index is 766. The van der Waals surface area contributed by atoms with Crippen molar-refractivity contribution in [2.75, 3.05) is 0 Å². The van der Waals surface area contributed by atoms with Gasteiger partial charge in [-0.1, -0.05) is 0 Å². The van der Waals surface area contributed by atoms with Gasteiger partial charge in [0, 0.05) is 7.05 Å². The van der Waals surface area contributed by atoms with Gasteiger partial charge >= 0.3 is 6.18 Å². The first-order chi connectivity index (χ1) is 10.0. The third-order valence-corrected chi connectivity index (χ3v) is 3.21. The van der Waals surface area contributed by atoms with E-state index in [0.29, 0.717) is 0 Å². The molecule has 6 nitrogen and oxygen atoms in total. The van der Waals surface area contributed by atoms with E-state index < -0.39 is 23.5 Å². The molecule has 0 aliphatic heterocycles. The minimum Gasteiger partial charge on any atom is -0.506 e. The van der Waals surface area contributed by atoms with Crippen molar-refractivity contribution in [2.24, 2.45) is 12.8 Å². The molecule has 1 amide bonds. The van der Waals surface area contributed by atoms with Crippen LogP contribution in [0, 0.1) is 13.8 Å². The summed E-state index contributed by atoms with van der Waals surface area (Å²) in [6.07, 6.45) is -4.62. The number of amides is 1. The summed E-state index contributed by atoms with van der Waals surface area (Å²) >= 11 is 0. The topological polar surface area (TPSA) is 94.0 Å². The lowest BCUT2D eigenvalue weighted by Crippen LogP contribution is -2.15. The highest BCUT2D eigenvalue weighted by atomic mass is 19.4. The van der Waals surface area contributed by atoms with Gasteiger partial charge in [0.25, 0.3) is 5.91 Å². The molecule has 2 rings (SSSR count). The van der Waals surface area contributed by atoms with Gasteiger partial charge in [0.05, 0.1) is 22.6 Å². The Morgan fingerprint density at radius 1 is 1.32 bits per heavy atom. The third kappa shape index (κ3) is 2.49. The van der Waals surface area contributed by atoms with Crippen LogP contribution in [0.2, 0.25) is 0 Å². The molecule has 0 bridgehead atoms. The van der Waals surface area contributed by atoms with Gasteiger partial charge in [0.1, 0.15) is 11.3 Å². The monoisotopic (exact) mass is 314 g/mol. The van der Waals surface area contributed by atoms with Gasteiger partial charge in [0.2, 0.25) is 0 Å². The van der Waals surface area contributed by atoms with Gasteiger partial charge in [-0.15, -0.1) is 0 Å². The van der Waals surface area contributed by atoms with Gasteiger partial charge in [-0.05, 0) is 19.9 Å². The maximum Gasteiger partial charge on any atom is 0.435 e. The molecule has 2 aromatic rings. The number of aromatic nitrogens is 3. The minimum atomic E-state index is -4.62. The summed E-state index contributed by atoms with van der Waals surface area (Å²) < 4.78 is 39.2. The van der Waals surface area contributed by atoms with Crippen LogP contribution in [0.3, 0.4) is 0 Å². The third-order valence-electron chi connectivity index (χ3n) is 3.21. The number of carbonyl (C=O) groups is 1. The molecule has 2 heterocycles. The van der Waals surface area contributed by atoms with E-state index in [1.54, 1.807) is 0 Å². The molecule has 9 heteroatoms. The lowest BCUT2D eigenvalue weighted by molar-refractivity contribution is -0.141. The largest absolute Gasteiger partial charge is 0.506 e. The molecular weight excluding hydrogens is 301 g/mol.